The summed E-state index contributed by atoms with van der Waals surface area (Å²) in [6.07, 6.45) is 4.45. The molecule has 0 unspecified atom stereocenters. The molecule has 0 aliphatic carbocycles. The van der Waals surface area contributed by atoms with Crippen molar-refractivity contribution in [1.82, 2.24) is 4.98 Å². The number of benzene rings is 2. The summed E-state index contributed by atoms with van der Waals surface area (Å²) < 4.78 is 11.1. The van der Waals surface area contributed by atoms with Crippen molar-refractivity contribution in [3.63, 3.8) is 0 Å². The summed E-state index contributed by atoms with van der Waals surface area (Å²) in [6.45, 7) is 0. The third kappa shape index (κ3) is 3.19. The lowest BCUT2D eigenvalue weighted by Crippen LogP contribution is -2.13. The number of methoxy groups -OCH3 is 1. The molecule has 0 aliphatic rings. The van der Waals surface area contributed by atoms with Gasteiger partial charge in [0.05, 0.1) is 34.7 Å². The zero-order chi connectivity index (χ0) is 19.7. The number of carbonyl (C=O) groups is 1. The minimum atomic E-state index is -0.374. The van der Waals surface area contributed by atoms with E-state index in [-0.39, 0.29) is 16.0 Å². The van der Waals surface area contributed by atoms with Crippen LogP contribution in [0.3, 0.4) is 0 Å². The van der Waals surface area contributed by atoms with E-state index in [0.717, 1.165) is 11.1 Å². The maximum Gasteiger partial charge on any atom is 0.256 e. The van der Waals surface area contributed by atoms with Crippen LogP contribution in [0.4, 0.5) is 5.69 Å². The molecular formula is C21H14Cl2N2O3. The maximum absolute atomic E-state index is 13.1. The Bertz CT molecular complexity index is 1150. The molecule has 2 heterocycles. The Hall–Kier alpha value is -3.02. The minimum absolute atomic E-state index is 0.251. The molecule has 0 radical (unpaired) electrons. The molecule has 4 aromatic rings. The van der Waals surface area contributed by atoms with Crippen molar-refractivity contribution in [2.24, 2.45) is 0 Å². The molecule has 0 saturated heterocycles. The molecule has 2 aromatic carbocycles. The van der Waals surface area contributed by atoms with Crippen LogP contribution in [0.1, 0.15) is 10.4 Å². The van der Waals surface area contributed by atoms with Crippen LogP contribution in [0, 0.1) is 0 Å². The van der Waals surface area contributed by atoms with Crippen LogP contribution in [0.2, 0.25) is 10.0 Å². The molecule has 0 spiro atoms. The van der Waals surface area contributed by atoms with Gasteiger partial charge >= 0.3 is 0 Å². The molecule has 0 saturated carbocycles. The largest absolute Gasteiger partial charge is 0.493 e. The fraction of sp³-hybridized carbons (Fsp3) is 0.0476. The molecule has 140 valence electrons. The lowest BCUT2D eigenvalue weighted by Gasteiger charge is -2.11. The first-order valence-electron chi connectivity index (χ1n) is 8.34. The molecular weight excluding hydrogens is 399 g/mol. The second-order valence-electron chi connectivity index (χ2n) is 5.97. The molecule has 1 amide bonds. The fourth-order valence-corrected chi connectivity index (χ4v) is 3.48. The van der Waals surface area contributed by atoms with Crippen LogP contribution < -0.4 is 10.1 Å². The van der Waals surface area contributed by atoms with E-state index in [4.69, 9.17) is 32.4 Å². The van der Waals surface area contributed by atoms with E-state index in [9.17, 15) is 4.79 Å². The highest BCUT2D eigenvalue weighted by atomic mass is 35.5. The van der Waals surface area contributed by atoms with E-state index < -0.39 is 0 Å². The van der Waals surface area contributed by atoms with Crippen molar-refractivity contribution in [2.45, 2.75) is 0 Å². The lowest BCUT2D eigenvalue weighted by atomic mass is 10.00. The van der Waals surface area contributed by atoms with Gasteiger partial charge < -0.3 is 14.5 Å². The van der Waals surface area contributed by atoms with Gasteiger partial charge in [0, 0.05) is 23.3 Å². The molecule has 0 atom stereocenters. The predicted octanol–water partition coefficient (Wildman–Crippen LogP) is 6.06. The monoisotopic (exact) mass is 412 g/mol. The average Bonchev–Trinajstić information content (AvgIpc) is 3.16. The number of nitrogens with one attached hydrogen (secondary N) is 1. The standard InChI is InChI=1S/C21H14Cl2N2O3/c1-27-17-8-7-13(21(26)25-19-15(22)9-24-10-16(19)23)18-14(11-28-20(17)18)12-5-3-2-4-6-12/h2-11H,1H3,(H,24,25,26). The number of nitrogens with zero attached hydrogens (tertiary/aromatic N) is 1. The summed E-state index contributed by atoms with van der Waals surface area (Å²) in [5.41, 5.74) is 2.90. The summed E-state index contributed by atoms with van der Waals surface area (Å²) in [5, 5.41) is 3.91. The Labute approximate surface area is 170 Å². The zero-order valence-electron chi connectivity index (χ0n) is 14.7. The second-order valence-corrected chi connectivity index (χ2v) is 6.78. The molecule has 5 nitrogen and oxygen atoms in total. The molecule has 1 N–H and O–H groups in total. The summed E-state index contributed by atoms with van der Waals surface area (Å²) >= 11 is 12.3. The van der Waals surface area contributed by atoms with Crippen molar-refractivity contribution in [3.8, 4) is 16.9 Å². The van der Waals surface area contributed by atoms with E-state index in [1.807, 2.05) is 30.3 Å². The highest BCUT2D eigenvalue weighted by molar-refractivity contribution is 6.40. The first-order chi connectivity index (χ1) is 13.6. The Balaban J connectivity index is 1.87. The van der Waals surface area contributed by atoms with Crippen LogP contribution in [-0.2, 0) is 0 Å². The van der Waals surface area contributed by atoms with E-state index in [2.05, 4.69) is 10.3 Å². The molecule has 28 heavy (non-hydrogen) atoms. The van der Waals surface area contributed by atoms with Crippen LogP contribution in [0.15, 0.2) is 65.5 Å². The molecule has 0 bridgehead atoms. The van der Waals surface area contributed by atoms with Gasteiger partial charge in [-0.05, 0) is 17.7 Å². The first kappa shape index (κ1) is 18.3. The number of furan rings is 1. The number of amides is 1. The van der Waals surface area contributed by atoms with Gasteiger partial charge in [0.25, 0.3) is 5.91 Å². The Morgan fingerprint density at radius 1 is 1.07 bits per heavy atom. The number of hydrogen-bond donors (Lipinski definition) is 1. The van der Waals surface area contributed by atoms with Gasteiger partial charge in [-0.15, -0.1) is 0 Å². The van der Waals surface area contributed by atoms with Crippen molar-refractivity contribution < 1.29 is 13.9 Å². The van der Waals surface area contributed by atoms with Crippen molar-refractivity contribution >= 4 is 45.8 Å². The summed E-state index contributed by atoms with van der Waals surface area (Å²) in [4.78, 5) is 17.0. The van der Waals surface area contributed by atoms with Gasteiger partial charge in [0.15, 0.2) is 11.3 Å². The maximum atomic E-state index is 13.1. The Morgan fingerprint density at radius 3 is 2.46 bits per heavy atom. The molecule has 4 rings (SSSR count). The normalized spacial score (nSPS) is 10.8. The highest BCUT2D eigenvalue weighted by Gasteiger charge is 2.21. The molecule has 7 heteroatoms. The van der Waals surface area contributed by atoms with E-state index >= 15 is 0 Å². The fourth-order valence-electron chi connectivity index (χ4n) is 3.02. The number of hydrogen-bond acceptors (Lipinski definition) is 4. The summed E-state index contributed by atoms with van der Waals surface area (Å²) in [7, 11) is 1.55. The van der Waals surface area contributed by atoms with Crippen LogP contribution in [0.5, 0.6) is 5.75 Å². The average molecular weight is 413 g/mol. The van der Waals surface area contributed by atoms with Crippen LogP contribution >= 0.6 is 23.2 Å². The van der Waals surface area contributed by atoms with Crippen molar-refractivity contribution in [1.29, 1.82) is 0 Å². The zero-order valence-corrected chi connectivity index (χ0v) is 16.2. The number of halogens is 2. The van der Waals surface area contributed by atoms with Gasteiger partial charge in [0.1, 0.15) is 0 Å². The van der Waals surface area contributed by atoms with Crippen LogP contribution in [0.25, 0.3) is 22.1 Å². The van der Waals surface area contributed by atoms with Gasteiger partial charge in [0.2, 0.25) is 0 Å². The van der Waals surface area contributed by atoms with Crippen LogP contribution in [-0.4, -0.2) is 18.0 Å². The SMILES string of the molecule is COc1ccc(C(=O)Nc2c(Cl)cncc2Cl)c2c(-c3ccccc3)coc12. The van der Waals surface area contributed by atoms with E-state index in [1.165, 1.54) is 12.4 Å². The smallest absolute Gasteiger partial charge is 0.256 e. The highest BCUT2D eigenvalue weighted by Crippen LogP contribution is 2.38. The predicted molar refractivity (Wildman–Crippen MR) is 110 cm³/mol. The summed E-state index contributed by atoms with van der Waals surface area (Å²) in [5.74, 6) is 0.162. The molecule has 2 aromatic heterocycles. The van der Waals surface area contributed by atoms with Gasteiger partial charge in [-0.1, -0.05) is 53.5 Å². The van der Waals surface area contributed by atoms with E-state index in [0.29, 0.717) is 28.0 Å². The van der Waals surface area contributed by atoms with Gasteiger partial charge in [-0.2, -0.15) is 0 Å². The Morgan fingerprint density at radius 2 is 1.79 bits per heavy atom. The summed E-state index contributed by atoms with van der Waals surface area (Å²) in [6, 6.07) is 13.0. The number of aromatic nitrogens is 1. The topological polar surface area (TPSA) is 64.4 Å². The number of rotatable bonds is 4. The van der Waals surface area contributed by atoms with E-state index in [1.54, 1.807) is 25.5 Å². The Kier molecular flexibility index (Phi) is 4.94. The number of anilines is 1. The number of fused-ring (bicyclic) bond motifs is 1. The van der Waals surface area contributed by atoms with Gasteiger partial charge in [-0.3, -0.25) is 9.78 Å². The number of carbonyl (C=O) groups excluding carboxylic acids is 1. The van der Waals surface area contributed by atoms with Gasteiger partial charge in [-0.25, -0.2) is 0 Å². The quantitative estimate of drug-likeness (QED) is 0.442. The van der Waals surface area contributed by atoms with Crippen molar-refractivity contribution in [3.05, 3.63) is 76.7 Å². The lowest BCUT2D eigenvalue weighted by molar-refractivity contribution is 0.102. The van der Waals surface area contributed by atoms with Crippen molar-refractivity contribution in [2.75, 3.05) is 12.4 Å². The molecule has 0 aliphatic heterocycles. The molecule has 0 fully saturated rings. The first-order valence-corrected chi connectivity index (χ1v) is 9.09. The second kappa shape index (κ2) is 7.54. The number of pyridine rings is 1. The third-order valence-corrected chi connectivity index (χ3v) is 4.90. The minimum Gasteiger partial charge on any atom is -0.493 e. The third-order valence-electron chi connectivity index (χ3n) is 4.33. The number of ether oxygens (including phenoxy) is 1.